The standard InChI is InChI=1S/C9H21ClNO.ClH/c1-4-6-11(3,5-2)8-9(12)7-10;/h9,12H,4-8H2,1-3H3;1H/q+1;/p-1. The largest absolute Gasteiger partial charge is 1.00 e. The van der Waals surface area contributed by atoms with Crippen molar-refractivity contribution in [3.63, 3.8) is 0 Å². The Morgan fingerprint density at radius 1 is 1.38 bits per heavy atom. The van der Waals surface area contributed by atoms with Crippen molar-refractivity contribution in [2.24, 2.45) is 0 Å². The summed E-state index contributed by atoms with van der Waals surface area (Å²) in [5.41, 5.74) is 0. The maximum absolute atomic E-state index is 9.40. The molecule has 0 aliphatic rings. The summed E-state index contributed by atoms with van der Waals surface area (Å²) in [6, 6.07) is 0. The number of hydrogen-bond acceptors (Lipinski definition) is 1. The van der Waals surface area contributed by atoms with Crippen molar-refractivity contribution < 1.29 is 22.0 Å². The van der Waals surface area contributed by atoms with E-state index in [2.05, 4.69) is 20.9 Å². The summed E-state index contributed by atoms with van der Waals surface area (Å²) in [7, 11) is 2.17. The Kier molecular flexibility index (Phi) is 9.65. The molecule has 0 aliphatic carbocycles. The Balaban J connectivity index is 0. The Hall–Kier alpha value is 0.500. The molecular formula is C9H21Cl2NO. The molecule has 0 aromatic rings. The molecule has 0 amide bonds. The van der Waals surface area contributed by atoms with Crippen LogP contribution in [-0.2, 0) is 0 Å². The molecule has 0 aromatic heterocycles. The highest BCUT2D eigenvalue weighted by molar-refractivity contribution is 6.18. The summed E-state index contributed by atoms with van der Waals surface area (Å²) < 4.78 is 0.921. The van der Waals surface area contributed by atoms with Crippen molar-refractivity contribution in [1.29, 1.82) is 0 Å². The smallest absolute Gasteiger partial charge is 0.116 e. The Labute approximate surface area is 92.9 Å². The Morgan fingerprint density at radius 2 is 1.92 bits per heavy atom. The fraction of sp³-hybridized carbons (Fsp3) is 1.00. The fourth-order valence-electron chi connectivity index (χ4n) is 1.48. The zero-order chi connectivity index (χ0) is 9.61. The van der Waals surface area contributed by atoms with Crippen molar-refractivity contribution in [2.75, 3.05) is 32.6 Å². The molecule has 0 saturated heterocycles. The normalized spacial score (nSPS) is 17.3. The first kappa shape index (κ1) is 15.9. The highest BCUT2D eigenvalue weighted by Crippen LogP contribution is 2.06. The van der Waals surface area contributed by atoms with Crippen molar-refractivity contribution in [1.82, 2.24) is 0 Å². The average molecular weight is 230 g/mol. The van der Waals surface area contributed by atoms with Crippen LogP contribution in [0.15, 0.2) is 0 Å². The Morgan fingerprint density at radius 3 is 2.23 bits per heavy atom. The first-order valence-corrected chi connectivity index (χ1v) is 5.19. The second kappa shape index (κ2) is 7.86. The van der Waals surface area contributed by atoms with Gasteiger partial charge in [0.25, 0.3) is 0 Å². The molecule has 82 valence electrons. The predicted octanol–water partition coefficient (Wildman–Crippen LogP) is -1.53. The Bertz CT molecular complexity index is 124. The van der Waals surface area contributed by atoms with Gasteiger partial charge in [-0.1, -0.05) is 6.92 Å². The van der Waals surface area contributed by atoms with E-state index in [0.717, 1.165) is 30.5 Å². The summed E-state index contributed by atoms with van der Waals surface area (Å²) in [5, 5.41) is 9.40. The molecule has 0 heterocycles. The monoisotopic (exact) mass is 229 g/mol. The van der Waals surface area contributed by atoms with Crippen LogP contribution in [0.5, 0.6) is 0 Å². The second-order valence-electron chi connectivity index (χ2n) is 3.65. The molecule has 0 bridgehead atoms. The van der Waals surface area contributed by atoms with E-state index in [1.54, 1.807) is 0 Å². The van der Waals surface area contributed by atoms with Crippen molar-refractivity contribution in [3.05, 3.63) is 0 Å². The van der Waals surface area contributed by atoms with E-state index in [0.29, 0.717) is 5.88 Å². The minimum atomic E-state index is -0.358. The molecule has 4 heteroatoms. The highest BCUT2D eigenvalue weighted by Gasteiger charge is 2.21. The lowest BCUT2D eigenvalue weighted by atomic mass is 10.2. The van der Waals surface area contributed by atoms with Crippen LogP contribution in [0.4, 0.5) is 0 Å². The number of nitrogens with zero attached hydrogens (tertiary/aromatic N) is 1. The number of alkyl halides is 1. The number of aliphatic hydroxyl groups excluding tert-OH is 1. The van der Waals surface area contributed by atoms with Crippen LogP contribution >= 0.6 is 11.6 Å². The van der Waals surface area contributed by atoms with Crippen LogP contribution in [0.1, 0.15) is 20.3 Å². The molecule has 0 rings (SSSR count). The first-order valence-electron chi connectivity index (χ1n) is 4.65. The molecule has 0 aromatic carbocycles. The average Bonchev–Trinajstić information content (AvgIpc) is 2.05. The maximum Gasteiger partial charge on any atom is 0.116 e. The van der Waals surface area contributed by atoms with Crippen molar-refractivity contribution in [3.8, 4) is 0 Å². The molecule has 0 radical (unpaired) electrons. The van der Waals surface area contributed by atoms with E-state index in [9.17, 15) is 5.11 Å². The van der Waals surface area contributed by atoms with E-state index >= 15 is 0 Å². The molecule has 13 heavy (non-hydrogen) atoms. The molecule has 0 spiro atoms. The van der Waals surface area contributed by atoms with Gasteiger partial charge in [-0.3, -0.25) is 0 Å². The van der Waals surface area contributed by atoms with Crippen LogP contribution in [0.3, 0.4) is 0 Å². The fourth-order valence-corrected chi connectivity index (χ4v) is 1.57. The number of quaternary nitrogens is 1. The second-order valence-corrected chi connectivity index (χ2v) is 3.96. The van der Waals surface area contributed by atoms with Gasteiger partial charge in [0.1, 0.15) is 12.6 Å². The quantitative estimate of drug-likeness (QED) is 0.433. The molecule has 2 atom stereocenters. The number of halogens is 2. The van der Waals surface area contributed by atoms with E-state index < -0.39 is 0 Å². The topological polar surface area (TPSA) is 20.2 Å². The number of aliphatic hydroxyl groups is 1. The van der Waals surface area contributed by atoms with Crippen LogP contribution in [0.2, 0.25) is 0 Å². The minimum Gasteiger partial charge on any atom is -1.00 e. The number of rotatable bonds is 6. The molecular weight excluding hydrogens is 209 g/mol. The predicted molar refractivity (Wildman–Crippen MR) is 53.5 cm³/mol. The van der Waals surface area contributed by atoms with Crippen LogP contribution < -0.4 is 12.4 Å². The van der Waals surface area contributed by atoms with Gasteiger partial charge in [0.15, 0.2) is 0 Å². The summed E-state index contributed by atoms with van der Waals surface area (Å²) in [5.74, 6) is 0.345. The van der Waals surface area contributed by atoms with Crippen molar-refractivity contribution in [2.45, 2.75) is 26.4 Å². The van der Waals surface area contributed by atoms with Gasteiger partial charge < -0.3 is 22.0 Å². The molecule has 1 N–H and O–H groups in total. The van der Waals surface area contributed by atoms with Gasteiger partial charge in [-0.25, -0.2) is 0 Å². The van der Waals surface area contributed by atoms with Crippen LogP contribution in [0.25, 0.3) is 0 Å². The third-order valence-electron chi connectivity index (χ3n) is 2.36. The van der Waals surface area contributed by atoms with E-state index in [1.165, 1.54) is 0 Å². The maximum atomic E-state index is 9.40. The van der Waals surface area contributed by atoms with E-state index in [4.69, 9.17) is 11.6 Å². The van der Waals surface area contributed by atoms with Gasteiger partial charge in [0.2, 0.25) is 0 Å². The van der Waals surface area contributed by atoms with Crippen LogP contribution in [0, 0.1) is 0 Å². The lowest BCUT2D eigenvalue weighted by Crippen LogP contribution is -3.00. The van der Waals surface area contributed by atoms with Gasteiger partial charge in [-0.05, 0) is 13.3 Å². The summed E-state index contributed by atoms with van der Waals surface area (Å²) in [6.07, 6.45) is 0.794. The van der Waals surface area contributed by atoms with Crippen molar-refractivity contribution >= 4 is 11.6 Å². The van der Waals surface area contributed by atoms with Gasteiger partial charge in [0, 0.05) is 0 Å². The van der Waals surface area contributed by atoms with Crippen LogP contribution in [-0.4, -0.2) is 48.3 Å². The van der Waals surface area contributed by atoms with Gasteiger partial charge in [0.05, 0.1) is 26.0 Å². The lowest BCUT2D eigenvalue weighted by Gasteiger charge is -2.34. The SMILES string of the molecule is CCC[N+](C)(CC)CC(O)CCl.[Cl-]. The summed E-state index contributed by atoms with van der Waals surface area (Å²) >= 11 is 5.56. The zero-order valence-electron chi connectivity index (χ0n) is 8.76. The summed E-state index contributed by atoms with van der Waals surface area (Å²) in [4.78, 5) is 0. The first-order chi connectivity index (χ1) is 5.58. The number of hydrogen-bond donors (Lipinski definition) is 1. The molecule has 0 saturated carbocycles. The third kappa shape index (κ3) is 6.55. The van der Waals surface area contributed by atoms with E-state index in [-0.39, 0.29) is 18.5 Å². The zero-order valence-corrected chi connectivity index (χ0v) is 10.3. The highest BCUT2D eigenvalue weighted by atomic mass is 35.5. The molecule has 0 fully saturated rings. The van der Waals surface area contributed by atoms with Gasteiger partial charge in [-0.2, -0.15) is 0 Å². The summed E-state index contributed by atoms with van der Waals surface area (Å²) in [6.45, 7) is 7.26. The van der Waals surface area contributed by atoms with Gasteiger partial charge >= 0.3 is 0 Å². The number of likely N-dealkylation sites (N-methyl/N-ethyl adjacent to an activating group) is 1. The van der Waals surface area contributed by atoms with Gasteiger partial charge in [-0.15, -0.1) is 11.6 Å². The molecule has 0 aliphatic heterocycles. The molecule has 2 nitrogen and oxygen atoms in total. The minimum absolute atomic E-state index is 0. The third-order valence-corrected chi connectivity index (χ3v) is 2.71. The lowest BCUT2D eigenvalue weighted by molar-refractivity contribution is -0.910. The van der Waals surface area contributed by atoms with E-state index in [1.807, 2.05) is 0 Å². The molecule has 2 unspecified atom stereocenters.